The van der Waals surface area contributed by atoms with E-state index < -0.39 is 0 Å². The van der Waals surface area contributed by atoms with Gasteiger partial charge in [-0.1, -0.05) is 27.7 Å². The summed E-state index contributed by atoms with van der Waals surface area (Å²) < 4.78 is 16.9. The molecule has 1 aromatic rings. The van der Waals surface area contributed by atoms with E-state index in [0.717, 1.165) is 42.1 Å². The van der Waals surface area contributed by atoms with Crippen LogP contribution in [0.2, 0.25) is 0 Å². The van der Waals surface area contributed by atoms with E-state index >= 15 is 0 Å². The van der Waals surface area contributed by atoms with Crippen molar-refractivity contribution < 1.29 is 14.2 Å². The second-order valence-corrected chi connectivity index (χ2v) is 6.84. The van der Waals surface area contributed by atoms with Crippen molar-refractivity contribution in [3.05, 3.63) is 17.7 Å². The van der Waals surface area contributed by atoms with Crippen LogP contribution in [0, 0.1) is 5.41 Å². The van der Waals surface area contributed by atoms with Gasteiger partial charge in [0.25, 0.3) is 0 Å². The summed E-state index contributed by atoms with van der Waals surface area (Å²) in [5.41, 5.74) is 7.45. The van der Waals surface area contributed by atoms with Gasteiger partial charge in [0.2, 0.25) is 6.79 Å². The molecule has 4 nitrogen and oxygen atoms in total. The Morgan fingerprint density at radius 1 is 1.24 bits per heavy atom. The molecule has 1 heterocycles. The fourth-order valence-corrected chi connectivity index (χ4v) is 2.15. The third-order valence-electron chi connectivity index (χ3n) is 3.67. The Morgan fingerprint density at radius 2 is 1.90 bits per heavy atom. The number of benzene rings is 1. The number of fused-ring (bicyclic) bond motifs is 1. The van der Waals surface area contributed by atoms with Gasteiger partial charge in [0, 0.05) is 12.1 Å². The van der Waals surface area contributed by atoms with Gasteiger partial charge in [-0.3, -0.25) is 0 Å². The van der Waals surface area contributed by atoms with E-state index in [1.54, 1.807) is 0 Å². The van der Waals surface area contributed by atoms with Crippen LogP contribution in [-0.2, 0) is 6.42 Å². The highest BCUT2D eigenvalue weighted by atomic mass is 16.7. The quantitative estimate of drug-likeness (QED) is 0.872. The summed E-state index contributed by atoms with van der Waals surface area (Å²) in [5, 5.41) is 0. The van der Waals surface area contributed by atoms with Gasteiger partial charge in [0.1, 0.15) is 5.75 Å². The number of nitrogens with two attached hydrogens (primary N) is 1. The summed E-state index contributed by atoms with van der Waals surface area (Å²) in [6, 6.07) is 4.07. The predicted molar refractivity (Wildman–Crippen MR) is 84.1 cm³/mol. The Hall–Kier alpha value is -1.42. The van der Waals surface area contributed by atoms with Crippen LogP contribution in [0.15, 0.2) is 12.1 Å². The molecule has 2 rings (SSSR count). The van der Waals surface area contributed by atoms with Gasteiger partial charge in [-0.05, 0) is 36.3 Å². The lowest BCUT2D eigenvalue weighted by Crippen LogP contribution is -2.22. The van der Waals surface area contributed by atoms with Gasteiger partial charge in [0.15, 0.2) is 11.5 Å². The first-order valence-electron chi connectivity index (χ1n) is 7.70. The van der Waals surface area contributed by atoms with E-state index in [-0.39, 0.29) is 18.2 Å². The first-order valence-corrected chi connectivity index (χ1v) is 7.70. The highest BCUT2D eigenvalue weighted by Gasteiger charge is 2.19. The molecule has 0 spiro atoms. The highest BCUT2D eigenvalue weighted by molar-refractivity contribution is 5.52. The summed E-state index contributed by atoms with van der Waals surface area (Å²) in [6.45, 7) is 9.70. The van der Waals surface area contributed by atoms with E-state index in [1.165, 1.54) is 0 Å². The third kappa shape index (κ3) is 4.53. The molecule has 1 aromatic carbocycles. The molecule has 0 bridgehead atoms. The van der Waals surface area contributed by atoms with Crippen molar-refractivity contribution in [3.63, 3.8) is 0 Å². The Morgan fingerprint density at radius 3 is 2.52 bits per heavy atom. The zero-order valence-corrected chi connectivity index (χ0v) is 13.6. The molecule has 0 saturated heterocycles. The highest BCUT2D eigenvalue weighted by Crippen LogP contribution is 2.39. The predicted octanol–water partition coefficient (Wildman–Crippen LogP) is 3.51. The van der Waals surface area contributed by atoms with Gasteiger partial charge >= 0.3 is 0 Å². The maximum atomic E-state index is 6.09. The van der Waals surface area contributed by atoms with Crippen LogP contribution in [-0.4, -0.2) is 19.4 Å². The van der Waals surface area contributed by atoms with Crippen molar-refractivity contribution in [2.75, 3.05) is 13.4 Å². The standard InChI is InChI=1S/C17H27NO3/c1-5-13(18)8-12-9-15-16(21-11-20-15)10-14(12)19-7-6-17(2,3)4/h9-10,13H,5-8,11,18H2,1-4H3. The monoisotopic (exact) mass is 293 g/mol. The fourth-order valence-electron chi connectivity index (χ4n) is 2.15. The maximum Gasteiger partial charge on any atom is 0.231 e. The topological polar surface area (TPSA) is 53.7 Å². The normalized spacial score (nSPS) is 15.1. The van der Waals surface area contributed by atoms with Gasteiger partial charge in [-0.2, -0.15) is 0 Å². The Labute approximate surface area is 127 Å². The zero-order valence-electron chi connectivity index (χ0n) is 13.6. The minimum Gasteiger partial charge on any atom is -0.493 e. The number of hydrogen-bond donors (Lipinski definition) is 1. The Bertz CT molecular complexity index is 480. The van der Waals surface area contributed by atoms with Crippen molar-refractivity contribution in [1.29, 1.82) is 0 Å². The van der Waals surface area contributed by atoms with Crippen molar-refractivity contribution in [2.24, 2.45) is 11.1 Å². The molecule has 21 heavy (non-hydrogen) atoms. The molecule has 4 heteroatoms. The lowest BCUT2D eigenvalue weighted by Gasteiger charge is -2.20. The molecular formula is C17H27NO3. The summed E-state index contributed by atoms with van der Waals surface area (Å²) in [4.78, 5) is 0. The second kappa shape index (κ2) is 6.56. The molecule has 1 aliphatic heterocycles. The molecule has 1 atom stereocenters. The number of ether oxygens (including phenoxy) is 3. The minimum absolute atomic E-state index is 0.135. The Kier molecular flexibility index (Phi) is 4.99. The average Bonchev–Trinajstić information content (AvgIpc) is 2.84. The number of hydrogen-bond acceptors (Lipinski definition) is 4. The lowest BCUT2D eigenvalue weighted by atomic mass is 9.93. The van der Waals surface area contributed by atoms with E-state index in [4.69, 9.17) is 19.9 Å². The smallest absolute Gasteiger partial charge is 0.231 e. The SMILES string of the molecule is CCC(N)Cc1cc2c(cc1OCCC(C)(C)C)OCO2. The zero-order chi connectivity index (χ0) is 15.5. The molecule has 0 saturated carbocycles. The van der Waals surface area contributed by atoms with Crippen LogP contribution in [0.4, 0.5) is 0 Å². The van der Waals surface area contributed by atoms with Crippen molar-refractivity contribution in [2.45, 2.75) is 53.0 Å². The third-order valence-corrected chi connectivity index (χ3v) is 3.67. The van der Waals surface area contributed by atoms with Crippen LogP contribution in [0.1, 0.15) is 46.1 Å². The molecule has 0 fully saturated rings. The van der Waals surface area contributed by atoms with Crippen LogP contribution in [0.5, 0.6) is 17.2 Å². The van der Waals surface area contributed by atoms with Crippen LogP contribution >= 0.6 is 0 Å². The van der Waals surface area contributed by atoms with Crippen molar-refractivity contribution in [3.8, 4) is 17.2 Å². The lowest BCUT2D eigenvalue weighted by molar-refractivity contribution is 0.173. The van der Waals surface area contributed by atoms with Gasteiger partial charge in [-0.25, -0.2) is 0 Å². The minimum atomic E-state index is 0.135. The maximum absolute atomic E-state index is 6.09. The van der Waals surface area contributed by atoms with Gasteiger partial charge in [0.05, 0.1) is 6.61 Å². The van der Waals surface area contributed by atoms with E-state index in [2.05, 4.69) is 27.7 Å². The molecule has 0 radical (unpaired) electrons. The van der Waals surface area contributed by atoms with Crippen molar-refractivity contribution in [1.82, 2.24) is 0 Å². The van der Waals surface area contributed by atoms with Crippen LogP contribution in [0.25, 0.3) is 0 Å². The first kappa shape index (κ1) is 16.0. The second-order valence-electron chi connectivity index (χ2n) is 6.84. The Balaban J connectivity index is 2.13. The van der Waals surface area contributed by atoms with E-state index in [9.17, 15) is 0 Å². The molecule has 2 N–H and O–H groups in total. The largest absolute Gasteiger partial charge is 0.493 e. The molecule has 0 amide bonds. The fraction of sp³-hybridized carbons (Fsp3) is 0.647. The molecule has 1 unspecified atom stereocenters. The van der Waals surface area contributed by atoms with Crippen LogP contribution in [0.3, 0.4) is 0 Å². The molecule has 1 aliphatic rings. The average molecular weight is 293 g/mol. The summed E-state index contributed by atoms with van der Waals surface area (Å²) in [7, 11) is 0. The molecule has 118 valence electrons. The van der Waals surface area contributed by atoms with Crippen molar-refractivity contribution >= 4 is 0 Å². The summed E-state index contributed by atoms with van der Waals surface area (Å²) in [5.74, 6) is 2.42. The van der Waals surface area contributed by atoms with E-state index in [0.29, 0.717) is 6.61 Å². The summed E-state index contributed by atoms with van der Waals surface area (Å²) >= 11 is 0. The van der Waals surface area contributed by atoms with Crippen LogP contribution < -0.4 is 19.9 Å². The van der Waals surface area contributed by atoms with Gasteiger partial charge in [-0.15, -0.1) is 0 Å². The molecule has 0 aromatic heterocycles. The van der Waals surface area contributed by atoms with E-state index in [1.807, 2.05) is 12.1 Å². The number of rotatable bonds is 6. The first-order chi connectivity index (χ1) is 9.89. The molecule has 0 aliphatic carbocycles. The van der Waals surface area contributed by atoms with Gasteiger partial charge < -0.3 is 19.9 Å². The molecular weight excluding hydrogens is 266 g/mol. The summed E-state index contributed by atoms with van der Waals surface area (Å²) in [6.07, 6.45) is 2.73.